The van der Waals surface area contributed by atoms with Crippen LogP contribution in [0.1, 0.15) is 23.3 Å². The van der Waals surface area contributed by atoms with Crippen LogP contribution in [0, 0.1) is 6.92 Å². The lowest BCUT2D eigenvalue weighted by Gasteiger charge is -2.25. The van der Waals surface area contributed by atoms with E-state index in [0.29, 0.717) is 30.8 Å². The normalized spacial score (nSPS) is 14.5. The van der Waals surface area contributed by atoms with Crippen molar-refractivity contribution in [1.29, 1.82) is 0 Å². The number of anilines is 1. The van der Waals surface area contributed by atoms with Gasteiger partial charge in [0.25, 0.3) is 5.91 Å². The van der Waals surface area contributed by atoms with Crippen LogP contribution in [0.5, 0.6) is 0 Å². The van der Waals surface area contributed by atoms with Crippen LogP contribution < -0.4 is 5.01 Å². The van der Waals surface area contributed by atoms with Gasteiger partial charge in [0.2, 0.25) is 5.91 Å². The highest BCUT2D eigenvalue weighted by molar-refractivity contribution is 7.09. The molecule has 2 amide bonds. The molecule has 0 radical (unpaired) electrons. The number of nitrogens with zero attached hydrogens (tertiary/aromatic N) is 3. The molecule has 1 aliphatic heterocycles. The minimum Gasteiger partial charge on any atom is -0.335 e. The molecule has 5 nitrogen and oxygen atoms in total. The molecule has 0 unspecified atom stereocenters. The number of rotatable bonds is 4. The van der Waals surface area contributed by atoms with Crippen LogP contribution in [0.4, 0.5) is 5.69 Å². The maximum atomic E-state index is 12.6. The highest BCUT2D eigenvalue weighted by Crippen LogP contribution is 2.22. The van der Waals surface area contributed by atoms with Gasteiger partial charge in [-0.1, -0.05) is 18.2 Å². The summed E-state index contributed by atoms with van der Waals surface area (Å²) in [6, 6.07) is 11.5. The van der Waals surface area contributed by atoms with Crippen molar-refractivity contribution in [3.63, 3.8) is 0 Å². The van der Waals surface area contributed by atoms with E-state index in [0.717, 1.165) is 10.4 Å². The monoisotopic (exact) mass is 341 g/mol. The standard InChI is InChI=1S/C18H19N3O2S/c1-13-5-3-6-14(11-13)21-17(22)9-8-16(19-21)18(23)20(2)12-15-7-4-10-24-15/h3-7,10-11H,8-9,12H2,1-2H3. The second-order valence-corrected chi connectivity index (χ2v) is 6.86. The van der Waals surface area contributed by atoms with Crippen molar-refractivity contribution >= 4 is 34.6 Å². The fourth-order valence-electron chi connectivity index (χ4n) is 2.60. The Morgan fingerprint density at radius 2 is 2.12 bits per heavy atom. The van der Waals surface area contributed by atoms with Crippen molar-refractivity contribution in [2.24, 2.45) is 5.10 Å². The summed E-state index contributed by atoms with van der Waals surface area (Å²) in [6.45, 7) is 2.51. The molecular weight excluding hydrogens is 322 g/mol. The largest absolute Gasteiger partial charge is 0.335 e. The van der Waals surface area contributed by atoms with Gasteiger partial charge in [-0.25, -0.2) is 5.01 Å². The zero-order chi connectivity index (χ0) is 17.1. The summed E-state index contributed by atoms with van der Waals surface area (Å²) in [6.07, 6.45) is 0.681. The zero-order valence-corrected chi connectivity index (χ0v) is 14.5. The first kappa shape index (κ1) is 16.4. The van der Waals surface area contributed by atoms with E-state index in [1.54, 1.807) is 23.3 Å². The molecule has 0 spiro atoms. The van der Waals surface area contributed by atoms with E-state index < -0.39 is 0 Å². The Bertz CT molecular complexity index is 783. The number of hydrogen-bond donors (Lipinski definition) is 0. The number of hydrazone groups is 1. The topological polar surface area (TPSA) is 53.0 Å². The minimum absolute atomic E-state index is 0.0851. The number of aryl methyl sites for hydroxylation is 1. The van der Waals surface area contributed by atoms with Gasteiger partial charge in [-0.15, -0.1) is 11.3 Å². The molecule has 0 saturated carbocycles. The van der Waals surface area contributed by atoms with Gasteiger partial charge in [0.1, 0.15) is 5.71 Å². The third kappa shape index (κ3) is 3.54. The molecule has 124 valence electrons. The fraction of sp³-hybridized carbons (Fsp3) is 0.278. The Morgan fingerprint density at radius 1 is 1.29 bits per heavy atom. The molecule has 0 saturated heterocycles. The number of benzene rings is 1. The molecule has 3 rings (SSSR count). The van der Waals surface area contributed by atoms with Crippen LogP contribution >= 0.6 is 11.3 Å². The third-order valence-electron chi connectivity index (χ3n) is 3.85. The molecule has 24 heavy (non-hydrogen) atoms. The van der Waals surface area contributed by atoms with Gasteiger partial charge in [0, 0.05) is 24.8 Å². The molecule has 1 aromatic carbocycles. The molecule has 6 heteroatoms. The molecule has 2 aromatic rings. The molecule has 0 bridgehead atoms. The van der Waals surface area contributed by atoms with E-state index in [4.69, 9.17) is 0 Å². The van der Waals surface area contributed by atoms with Crippen LogP contribution in [-0.4, -0.2) is 29.5 Å². The first-order valence-corrected chi connectivity index (χ1v) is 8.67. The summed E-state index contributed by atoms with van der Waals surface area (Å²) in [5.74, 6) is -0.216. The van der Waals surface area contributed by atoms with Crippen LogP contribution in [0.3, 0.4) is 0 Å². The molecule has 0 atom stereocenters. The summed E-state index contributed by atoms with van der Waals surface area (Å²) in [5.41, 5.74) is 2.17. The maximum absolute atomic E-state index is 12.6. The van der Waals surface area contributed by atoms with Crippen molar-refractivity contribution in [2.75, 3.05) is 12.1 Å². The molecule has 0 N–H and O–H groups in total. The molecule has 2 heterocycles. The van der Waals surface area contributed by atoms with Gasteiger partial charge < -0.3 is 4.90 Å². The first-order valence-electron chi connectivity index (χ1n) is 7.79. The van der Waals surface area contributed by atoms with Crippen molar-refractivity contribution in [2.45, 2.75) is 26.3 Å². The van der Waals surface area contributed by atoms with Gasteiger partial charge in [0.15, 0.2) is 0 Å². The van der Waals surface area contributed by atoms with Gasteiger partial charge in [-0.05, 0) is 36.1 Å². The third-order valence-corrected chi connectivity index (χ3v) is 4.71. The van der Waals surface area contributed by atoms with Crippen molar-refractivity contribution < 1.29 is 9.59 Å². The van der Waals surface area contributed by atoms with E-state index in [-0.39, 0.29) is 11.8 Å². The SMILES string of the molecule is Cc1cccc(N2N=C(C(=O)N(C)Cc3cccs3)CCC2=O)c1. The number of hydrogen-bond acceptors (Lipinski definition) is 4. The highest BCUT2D eigenvalue weighted by atomic mass is 32.1. The Kier molecular flexibility index (Phi) is 4.76. The summed E-state index contributed by atoms with van der Waals surface area (Å²) < 4.78 is 0. The average Bonchev–Trinajstić information content (AvgIpc) is 3.07. The van der Waals surface area contributed by atoms with Crippen molar-refractivity contribution in [3.8, 4) is 0 Å². The predicted molar refractivity (Wildman–Crippen MR) is 96.1 cm³/mol. The lowest BCUT2D eigenvalue weighted by atomic mass is 10.1. The fourth-order valence-corrected chi connectivity index (χ4v) is 3.35. The smallest absolute Gasteiger partial charge is 0.270 e. The van der Waals surface area contributed by atoms with Crippen molar-refractivity contribution in [1.82, 2.24) is 4.90 Å². The summed E-state index contributed by atoms with van der Waals surface area (Å²) in [5, 5.41) is 7.68. The molecule has 1 aromatic heterocycles. The van der Waals surface area contributed by atoms with Crippen LogP contribution in [0.15, 0.2) is 46.9 Å². The second-order valence-electron chi connectivity index (χ2n) is 5.83. The van der Waals surface area contributed by atoms with Gasteiger partial charge >= 0.3 is 0 Å². The Morgan fingerprint density at radius 3 is 2.83 bits per heavy atom. The molecule has 0 aliphatic carbocycles. The first-order chi connectivity index (χ1) is 11.5. The van der Waals surface area contributed by atoms with Crippen LogP contribution in [0.2, 0.25) is 0 Å². The zero-order valence-electron chi connectivity index (χ0n) is 13.7. The molecular formula is C18H19N3O2S. The quantitative estimate of drug-likeness (QED) is 0.857. The summed E-state index contributed by atoms with van der Waals surface area (Å²) >= 11 is 1.62. The Hall–Kier alpha value is -2.47. The number of amides is 2. The maximum Gasteiger partial charge on any atom is 0.270 e. The van der Waals surface area contributed by atoms with Crippen molar-refractivity contribution in [3.05, 3.63) is 52.2 Å². The predicted octanol–water partition coefficient (Wildman–Crippen LogP) is 3.20. The summed E-state index contributed by atoms with van der Waals surface area (Å²) in [4.78, 5) is 27.6. The van der Waals surface area contributed by atoms with E-state index in [1.165, 1.54) is 5.01 Å². The van der Waals surface area contributed by atoms with E-state index >= 15 is 0 Å². The number of carbonyl (C=O) groups is 2. The Labute approximate surface area is 145 Å². The van der Waals surface area contributed by atoms with E-state index in [2.05, 4.69) is 5.10 Å². The van der Waals surface area contributed by atoms with E-state index in [9.17, 15) is 9.59 Å². The number of carbonyl (C=O) groups excluding carboxylic acids is 2. The Balaban J connectivity index is 1.80. The summed E-state index contributed by atoms with van der Waals surface area (Å²) in [7, 11) is 1.76. The minimum atomic E-state index is -0.131. The highest BCUT2D eigenvalue weighted by Gasteiger charge is 2.27. The van der Waals surface area contributed by atoms with Gasteiger partial charge in [0.05, 0.1) is 12.2 Å². The van der Waals surface area contributed by atoms with Crippen LogP contribution in [-0.2, 0) is 16.1 Å². The van der Waals surface area contributed by atoms with E-state index in [1.807, 2.05) is 48.7 Å². The number of thiophene rings is 1. The van der Waals surface area contributed by atoms with Crippen LogP contribution in [0.25, 0.3) is 0 Å². The van der Waals surface area contributed by atoms with Gasteiger partial charge in [-0.3, -0.25) is 9.59 Å². The van der Waals surface area contributed by atoms with Gasteiger partial charge in [-0.2, -0.15) is 5.10 Å². The second kappa shape index (κ2) is 6.97. The average molecular weight is 341 g/mol. The lowest BCUT2D eigenvalue weighted by molar-refractivity contribution is -0.123. The molecule has 0 fully saturated rings. The lowest BCUT2D eigenvalue weighted by Crippen LogP contribution is -2.39. The molecule has 1 aliphatic rings.